The zero-order valence-corrected chi connectivity index (χ0v) is 13.5. The topological polar surface area (TPSA) is 94.9 Å². The van der Waals surface area contributed by atoms with Crippen LogP contribution in [0.5, 0.6) is 0 Å². The number of hydrogen-bond acceptors (Lipinski definition) is 4. The number of Topliss-reactive ketones (excluding diaryl/α,β-unsaturated/α-hetero) is 1. The van der Waals surface area contributed by atoms with E-state index in [1.807, 2.05) is 12.1 Å². The summed E-state index contributed by atoms with van der Waals surface area (Å²) >= 11 is 0. The van der Waals surface area contributed by atoms with Gasteiger partial charge in [0.2, 0.25) is 0 Å². The van der Waals surface area contributed by atoms with Crippen molar-refractivity contribution in [2.75, 3.05) is 20.1 Å². The van der Waals surface area contributed by atoms with Crippen LogP contribution < -0.4 is 0 Å². The molecule has 2 atom stereocenters. The fourth-order valence-electron chi connectivity index (χ4n) is 3.33. The molecule has 0 unspecified atom stereocenters. The van der Waals surface area contributed by atoms with Crippen molar-refractivity contribution in [1.82, 2.24) is 4.90 Å². The van der Waals surface area contributed by atoms with Crippen molar-refractivity contribution in [3.63, 3.8) is 0 Å². The quantitative estimate of drug-likeness (QED) is 0.805. The van der Waals surface area contributed by atoms with Crippen LogP contribution in [0.4, 0.5) is 0 Å². The number of carbonyl (C=O) groups is 3. The third-order valence-electron chi connectivity index (χ3n) is 4.44. The predicted molar refractivity (Wildman–Crippen MR) is 88.1 cm³/mol. The molecular formula is C18H21NO5. The van der Waals surface area contributed by atoms with Crippen LogP contribution in [0.1, 0.15) is 34.7 Å². The van der Waals surface area contributed by atoms with Gasteiger partial charge in [-0.25, -0.2) is 9.59 Å². The molecule has 6 heteroatoms. The van der Waals surface area contributed by atoms with Crippen molar-refractivity contribution < 1.29 is 24.6 Å². The Morgan fingerprint density at radius 2 is 1.79 bits per heavy atom. The van der Waals surface area contributed by atoms with Gasteiger partial charge in [0.05, 0.1) is 0 Å². The van der Waals surface area contributed by atoms with Gasteiger partial charge in [-0.2, -0.15) is 0 Å². The maximum Gasteiger partial charge on any atom is 0.328 e. The Morgan fingerprint density at radius 3 is 2.42 bits per heavy atom. The molecule has 1 fully saturated rings. The molecule has 0 radical (unpaired) electrons. The van der Waals surface area contributed by atoms with Crippen molar-refractivity contribution in [3.8, 4) is 0 Å². The van der Waals surface area contributed by atoms with E-state index in [1.165, 1.54) is 12.0 Å². The SMILES string of the molecule is CN1CC[C@H]2CC(=O)c3ccccc3[C@H]2C1.O=C(O)C=CC(=O)O. The monoisotopic (exact) mass is 331 g/mol. The number of hydrogen-bond donors (Lipinski definition) is 2. The van der Waals surface area contributed by atoms with E-state index >= 15 is 0 Å². The fraction of sp³-hybridized carbons (Fsp3) is 0.389. The second kappa shape index (κ2) is 7.88. The van der Waals surface area contributed by atoms with Crippen molar-refractivity contribution >= 4 is 17.7 Å². The van der Waals surface area contributed by atoms with E-state index in [4.69, 9.17) is 10.2 Å². The summed E-state index contributed by atoms with van der Waals surface area (Å²) in [7, 11) is 2.18. The first-order valence-corrected chi connectivity index (χ1v) is 7.83. The first-order chi connectivity index (χ1) is 11.4. The summed E-state index contributed by atoms with van der Waals surface area (Å²) in [6.07, 6.45) is 3.04. The summed E-state index contributed by atoms with van der Waals surface area (Å²) in [6.45, 7) is 2.24. The molecule has 0 spiro atoms. The predicted octanol–water partition coefficient (Wildman–Crippen LogP) is 2.02. The molecule has 0 bridgehead atoms. The molecule has 24 heavy (non-hydrogen) atoms. The van der Waals surface area contributed by atoms with Gasteiger partial charge < -0.3 is 15.1 Å². The van der Waals surface area contributed by atoms with E-state index in [0.29, 0.717) is 29.8 Å². The molecule has 1 aromatic rings. The molecule has 0 aromatic heterocycles. The third-order valence-corrected chi connectivity index (χ3v) is 4.44. The van der Waals surface area contributed by atoms with Crippen LogP contribution in [-0.2, 0) is 9.59 Å². The number of fused-ring (bicyclic) bond motifs is 3. The number of rotatable bonds is 2. The zero-order chi connectivity index (χ0) is 17.7. The Hall–Kier alpha value is -2.47. The van der Waals surface area contributed by atoms with Crippen molar-refractivity contribution in [2.24, 2.45) is 5.92 Å². The molecule has 1 saturated heterocycles. The molecule has 6 nitrogen and oxygen atoms in total. The number of likely N-dealkylation sites (N-methyl/N-ethyl adjacent to an activating group) is 1. The molecule has 0 saturated carbocycles. The van der Waals surface area contributed by atoms with Crippen LogP contribution in [0.3, 0.4) is 0 Å². The lowest BCUT2D eigenvalue weighted by Crippen LogP contribution is -2.40. The molecule has 1 heterocycles. The van der Waals surface area contributed by atoms with E-state index in [2.05, 4.69) is 24.1 Å². The van der Waals surface area contributed by atoms with Crippen molar-refractivity contribution in [1.29, 1.82) is 0 Å². The molecule has 0 amide bonds. The normalized spacial score (nSPS) is 23.0. The maximum absolute atomic E-state index is 12.0. The summed E-state index contributed by atoms with van der Waals surface area (Å²) in [4.78, 5) is 33.5. The average molecular weight is 331 g/mol. The Bertz CT molecular complexity index is 651. The van der Waals surface area contributed by atoms with E-state index in [9.17, 15) is 14.4 Å². The second-order valence-electron chi connectivity index (χ2n) is 6.14. The number of aliphatic carboxylic acids is 2. The highest BCUT2D eigenvalue weighted by Crippen LogP contribution is 2.40. The summed E-state index contributed by atoms with van der Waals surface area (Å²) < 4.78 is 0. The van der Waals surface area contributed by atoms with Gasteiger partial charge in [0, 0.05) is 36.6 Å². The number of benzene rings is 1. The van der Waals surface area contributed by atoms with Gasteiger partial charge in [-0.15, -0.1) is 0 Å². The molecule has 2 aliphatic rings. The van der Waals surface area contributed by atoms with Gasteiger partial charge in [0.25, 0.3) is 0 Å². The minimum atomic E-state index is -1.26. The second-order valence-corrected chi connectivity index (χ2v) is 6.14. The number of nitrogens with zero attached hydrogens (tertiary/aromatic N) is 1. The van der Waals surface area contributed by atoms with Gasteiger partial charge in [0.15, 0.2) is 5.78 Å². The average Bonchev–Trinajstić information content (AvgIpc) is 2.55. The van der Waals surface area contributed by atoms with Crippen molar-refractivity contribution in [3.05, 3.63) is 47.5 Å². The summed E-state index contributed by atoms with van der Waals surface area (Å²) in [5, 5.41) is 15.6. The summed E-state index contributed by atoms with van der Waals surface area (Å²) in [5.74, 6) is -1.01. The lowest BCUT2D eigenvalue weighted by molar-refractivity contribution is -0.134. The van der Waals surface area contributed by atoms with Crippen LogP contribution >= 0.6 is 0 Å². The Labute approximate surface area is 140 Å². The largest absolute Gasteiger partial charge is 0.478 e. The van der Waals surface area contributed by atoms with Gasteiger partial charge in [-0.05, 0) is 31.5 Å². The maximum atomic E-state index is 12.0. The van der Waals surface area contributed by atoms with Crippen molar-refractivity contribution in [2.45, 2.75) is 18.8 Å². The van der Waals surface area contributed by atoms with E-state index in [1.54, 1.807) is 0 Å². The van der Waals surface area contributed by atoms with E-state index < -0.39 is 11.9 Å². The summed E-state index contributed by atoms with van der Waals surface area (Å²) in [5.41, 5.74) is 2.26. The van der Waals surface area contributed by atoms with Crippen LogP contribution in [0.15, 0.2) is 36.4 Å². The molecule has 1 aliphatic carbocycles. The highest BCUT2D eigenvalue weighted by atomic mass is 16.4. The van der Waals surface area contributed by atoms with Crippen LogP contribution in [0.2, 0.25) is 0 Å². The highest BCUT2D eigenvalue weighted by Gasteiger charge is 2.36. The van der Waals surface area contributed by atoms with Crippen LogP contribution in [0, 0.1) is 5.92 Å². The molecule has 128 valence electrons. The number of piperidine rings is 1. The number of carboxylic acid groups (broad SMARTS) is 2. The van der Waals surface area contributed by atoms with Crippen LogP contribution in [-0.4, -0.2) is 53.0 Å². The standard InChI is InChI=1S/C14H17NO.C4H4O4/c1-15-7-6-10-8-14(16)12-5-3-2-4-11(12)13(10)9-15;5-3(6)1-2-4(7)8/h2-5,10,13H,6-9H2,1H3;1-2H,(H,5,6)(H,7,8)/t10-,13-;/m0./s1. The Balaban J connectivity index is 0.000000224. The molecule has 1 aliphatic heterocycles. The van der Waals surface area contributed by atoms with Gasteiger partial charge >= 0.3 is 11.9 Å². The molecule has 3 rings (SSSR count). The molecule has 2 N–H and O–H groups in total. The highest BCUT2D eigenvalue weighted by molar-refractivity contribution is 5.99. The number of likely N-dealkylation sites (tertiary alicyclic amines) is 1. The smallest absolute Gasteiger partial charge is 0.328 e. The lowest BCUT2D eigenvalue weighted by atomic mass is 9.71. The number of carbonyl (C=O) groups excluding carboxylic acids is 1. The van der Waals surface area contributed by atoms with E-state index in [-0.39, 0.29) is 0 Å². The first-order valence-electron chi connectivity index (χ1n) is 7.83. The number of carboxylic acids is 2. The molecular weight excluding hydrogens is 310 g/mol. The number of ketones is 1. The van der Waals surface area contributed by atoms with E-state index in [0.717, 1.165) is 25.1 Å². The minimum Gasteiger partial charge on any atom is -0.478 e. The first kappa shape index (κ1) is 17.9. The third kappa shape index (κ3) is 4.52. The fourth-order valence-corrected chi connectivity index (χ4v) is 3.33. The Morgan fingerprint density at radius 1 is 1.17 bits per heavy atom. The van der Waals surface area contributed by atoms with Crippen LogP contribution in [0.25, 0.3) is 0 Å². The summed E-state index contributed by atoms with van der Waals surface area (Å²) in [6, 6.07) is 8.17. The lowest BCUT2D eigenvalue weighted by Gasteiger charge is -2.40. The molecule has 1 aromatic carbocycles. The zero-order valence-electron chi connectivity index (χ0n) is 13.5. The Kier molecular flexibility index (Phi) is 5.87. The minimum absolute atomic E-state index is 0.349. The van der Waals surface area contributed by atoms with Gasteiger partial charge in [-0.1, -0.05) is 24.3 Å². The van der Waals surface area contributed by atoms with Gasteiger partial charge in [-0.3, -0.25) is 4.79 Å². The van der Waals surface area contributed by atoms with Gasteiger partial charge in [0.1, 0.15) is 0 Å².